The maximum Gasteiger partial charge on any atom is 0.153 e. The van der Waals surface area contributed by atoms with E-state index in [9.17, 15) is 8.42 Å². The maximum absolute atomic E-state index is 11.4. The van der Waals surface area contributed by atoms with Crippen molar-refractivity contribution in [2.45, 2.75) is 19.2 Å². The van der Waals surface area contributed by atoms with E-state index in [-0.39, 0.29) is 18.1 Å². The molecule has 1 rings (SSSR count). The number of rotatable bonds is 7. The Bertz CT molecular complexity index is 426. The van der Waals surface area contributed by atoms with Crippen LogP contribution in [0.3, 0.4) is 0 Å². The highest BCUT2D eigenvalue weighted by atomic mass is 35.5. The SMILES string of the molecule is CCCS(=O)(=O)CCOc1ccc(CCl)cc1. The topological polar surface area (TPSA) is 43.4 Å². The van der Waals surface area contributed by atoms with Crippen molar-refractivity contribution in [3.05, 3.63) is 29.8 Å². The summed E-state index contributed by atoms with van der Waals surface area (Å²) in [6, 6.07) is 7.32. The first kappa shape index (κ1) is 14.3. The van der Waals surface area contributed by atoms with Crippen molar-refractivity contribution in [2.75, 3.05) is 18.1 Å². The zero-order valence-electron chi connectivity index (χ0n) is 9.86. The highest BCUT2D eigenvalue weighted by Gasteiger charge is 2.09. The molecule has 0 N–H and O–H groups in total. The van der Waals surface area contributed by atoms with Crippen molar-refractivity contribution in [1.82, 2.24) is 0 Å². The minimum atomic E-state index is -2.96. The number of sulfone groups is 1. The molecule has 96 valence electrons. The fourth-order valence-corrected chi connectivity index (χ4v) is 2.72. The summed E-state index contributed by atoms with van der Waals surface area (Å²) in [6.45, 7) is 2.05. The van der Waals surface area contributed by atoms with Crippen LogP contribution in [0.15, 0.2) is 24.3 Å². The Morgan fingerprint density at radius 2 is 1.82 bits per heavy atom. The van der Waals surface area contributed by atoms with Crippen LogP contribution in [0.2, 0.25) is 0 Å². The molecular weight excluding hydrogens is 260 g/mol. The molecular formula is C12H17ClO3S. The van der Waals surface area contributed by atoms with Gasteiger partial charge in [0, 0.05) is 5.88 Å². The Balaban J connectivity index is 2.40. The third-order valence-corrected chi connectivity index (χ3v) is 4.38. The number of hydrogen-bond donors (Lipinski definition) is 0. The molecule has 0 amide bonds. The molecule has 1 aromatic rings. The second kappa shape index (κ2) is 6.87. The average molecular weight is 277 g/mol. The Morgan fingerprint density at radius 1 is 1.18 bits per heavy atom. The maximum atomic E-state index is 11.4. The standard InChI is InChI=1S/C12H17ClO3S/c1-2-8-17(14,15)9-7-16-12-5-3-11(10-13)4-6-12/h3-6H,2,7-10H2,1H3. The van der Waals surface area contributed by atoms with Crippen LogP contribution in [-0.2, 0) is 15.7 Å². The molecule has 0 spiro atoms. The molecule has 0 aliphatic carbocycles. The Kier molecular flexibility index (Phi) is 5.78. The van der Waals surface area contributed by atoms with Crippen molar-refractivity contribution < 1.29 is 13.2 Å². The van der Waals surface area contributed by atoms with Crippen LogP contribution in [-0.4, -0.2) is 26.5 Å². The molecule has 0 fully saturated rings. The lowest BCUT2D eigenvalue weighted by atomic mass is 10.2. The van der Waals surface area contributed by atoms with Gasteiger partial charge in [-0.2, -0.15) is 0 Å². The molecule has 5 heteroatoms. The molecule has 0 aromatic heterocycles. The summed E-state index contributed by atoms with van der Waals surface area (Å²) in [5, 5.41) is 0. The van der Waals surface area contributed by atoms with E-state index in [1.54, 1.807) is 12.1 Å². The van der Waals surface area contributed by atoms with Gasteiger partial charge >= 0.3 is 0 Å². The van der Waals surface area contributed by atoms with Crippen molar-refractivity contribution in [2.24, 2.45) is 0 Å². The van der Waals surface area contributed by atoms with E-state index in [1.165, 1.54) is 0 Å². The number of alkyl halides is 1. The Labute approximate surface area is 108 Å². The van der Waals surface area contributed by atoms with E-state index >= 15 is 0 Å². The predicted molar refractivity (Wildman–Crippen MR) is 70.4 cm³/mol. The molecule has 0 bridgehead atoms. The van der Waals surface area contributed by atoms with Gasteiger partial charge in [-0.1, -0.05) is 19.1 Å². The predicted octanol–water partition coefficient (Wildman–Crippen LogP) is 2.63. The minimum Gasteiger partial charge on any atom is -0.493 e. The third-order valence-electron chi connectivity index (χ3n) is 2.26. The molecule has 0 saturated heterocycles. The van der Waals surface area contributed by atoms with E-state index in [2.05, 4.69) is 0 Å². The molecule has 17 heavy (non-hydrogen) atoms. The number of benzene rings is 1. The second-order valence-electron chi connectivity index (χ2n) is 3.78. The summed E-state index contributed by atoms with van der Waals surface area (Å²) < 4.78 is 28.2. The van der Waals surface area contributed by atoms with Crippen molar-refractivity contribution in [3.63, 3.8) is 0 Å². The van der Waals surface area contributed by atoms with Crippen LogP contribution in [0.5, 0.6) is 5.75 Å². The Morgan fingerprint density at radius 3 is 2.35 bits per heavy atom. The zero-order valence-corrected chi connectivity index (χ0v) is 11.4. The van der Waals surface area contributed by atoms with Crippen LogP contribution in [0.1, 0.15) is 18.9 Å². The van der Waals surface area contributed by atoms with Gasteiger partial charge in [0.2, 0.25) is 0 Å². The first-order valence-electron chi connectivity index (χ1n) is 5.55. The first-order valence-corrected chi connectivity index (χ1v) is 7.91. The lowest BCUT2D eigenvalue weighted by Gasteiger charge is -2.07. The molecule has 0 saturated carbocycles. The molecule has 0 unspecified atom stereocenters. The van der Waals surface area contributed by atoms with E-state index in [4.69, 9.17) is 16.3 Å². The zero-order chi connectivity index (χ0) is 12.7. The second-order valence-corrected chi connectivity index (χ2v) is 6.35. The van der Waals surface area contributed by atoms with Crippen LogP contribution in [0, 0.1) is 0 Å². The summed E-state index contributed by atoms with van der Waals surface area (Å²) in [5.74, 6) is 1.43. The van der Waals surface area contributed by atoms with E-state index < -0.39 is 9.84 Å². The van der Waals surface area contributed by atoms with E-state index in [0.29, 0.717) is 18.1 Å². The van der Waals surface area contributed by atoms with Gasteiger partial charge in [-0.05, 0) is 24.1 Å². The highest BCUT2D eigenvalue weighted by molar-refractivity contribution is 7.91. The summed E-state index contributed by atoms with van der Waals surface area (Å²) in [5.41, 5.74) is 1.01. The van der Waals surface area contributed by atoms with Gasteiger partial charge in [-0.25, -0.2) is 8.42 Å². The monoisotopic (exact) mass is 276 g/mol. The molecule has 0 atom stereocenters. The summed E-state index contributed by atoms with van der Waals surface area (Å²) in [4.78, 5) is 0. The quantitative estimate of drug-likeness (QED) is 0.719. The number of ether oxygens (including phenoxy) is 1. The minimum absolute atomic E-state index is 0.0676. The van der Waals surface area contributed by atoms with Gasteiger partial charge < -0.3 is 4.74 Å². The third kappa shape index (κ3) is 5.41. The van der Waals surface area contributed by atoms with E-state index in [0.717, 1.165) is 5.56 Å². The molecule has 1 aromatic carbocycles. The van der Waals surface area contributed by atoms with Gasteiger partial charge in [0.1, 0.15) is 12.4 Å². The summed E-state index contributed by atoms with van der Waals surface area (Å²) in [7, 11) is -2.96. The summed E-state index contributed by atoms with van der Waals surface area (Å²) in [6.07, 6.45) is 0.646. The highest BCUT2D eigenvalue weighted by Crippen LogP contribution is 2.13. The molecule has 0 aliphatic rings. The fraction of sp³-hybridized carbons (Fsp3) is 0.500. The number of hydrogen-bond acceptors (Lipinski definition) is 3. The van der Waals surface area contributed by atoms with Gasteiger partial charge in [-0.3, -0.25) is 0 Å². The largest absolute Gasteiger partial charge is 0.493 e. The molecule has 3 nitrogen and oxygen atoms in total. The average Bonchev–Trinajstić information content (AvgIpc) is 2.29. The smallest absolute Gasteiger partial charge is 0.153 e. The normalized spacial score (nSPS) is 11.4. The van der Waals surface area contributed by atoms with Gasteiger partial charge in [0.25, 0.3) is 0 Å². The molecule has 0 radical (unpaired) electrons. The first-order chi connectivity index (χ1) is 8.07. The van der Waals surface area contributed by atoms with Gasteiger partial charge in [0.05, 0.1) is 11.5 Å². The van der Waals surface area contributed by atoms with Crippen LogP contribution < -0.4 is 4.74 Å². The van der Waals surface area contributed by atoms with Crippen LogP contribution in [0.25, 0.3) is 0 Å². The van der Waals surface area contributed by atoms with Gasteiger partial charge in [-0.15, -0.1) is 11.6 Å². The molecule has 0 heterocycles. The number of halogens is 1. The lowest BCUT2D eigenvalue weighted by molar-refractivity contribution is 0.341. The summed E-state index contributed by atoms with van der Waals surface area (Å²) >= 11 is 5.66. The fourth-order valence-electron chi connectivity index (χ4n) is 1.37. The van der Waals surface area contributed by atoms with Gasteiger partial charge in [0.15, 0.2) is 9.84 Å². The van der Waals surface area contributed by atoms with Crippen LogP contribution in [0.4, 0.5) is 0 Å². The van der Waals surface area contributed by atoms with Crippen LogP contribution >= 0.6 is 11.6 Å². The van der Waals surface area contributed by atoms with Crippen molar-refractivity contribution >= 4 is 21.4 Å². The van der Waals surface area contributed by atoms with E-state index in [1.807, 2.05) is 19.1 Å². The lowest BCUT2D eigenvalue weighted by Crippen LogP contribution is -2.16. The van der Waals surface area contributed by atoms with Crippen molar-refractivity contribution in [3.8, 4) is 5.75 Å². The Hall–Kier alpha value is -0.740. The molecule has 0 aliphatic heterocycles. The van der Waals surface area contributed by atoms with Crippen molar-refractivity contribution in [1.29, 1.82) is 0 Å².